The van der Waals surface area contributed by atoms with Crippen molar-refractivity contribution in [3.63, 3.8) is 0 Å². The Morgan fingerprint density at radius 2 is 1.88 bits per heavy atom. The van der Waals surface area contributed by atoms with E-state index < -0.39 is 0 Å². The molecule has 26 heavy (non-hydrogen) atoms. The molecule has 0 atom stereocenters. The fourth-order valence-electron chi connectivity index (χ4n) is 3.53. The molecule has 0 bridgehead atoms. The molecule has 3 heterocycles. The quantitative estimate of drug-likeness (QED) is 0.854. The third-order valence-electron chi connectivity index (χ3n) is 4.96. The lowest BCUT2D eigenvalue weighted by atomic mass is 10.0. The molecule has 7 nitrogen and oxygen atoms in total. The van der Waals surface area contributed by atoms with E-state index >= 15 is 0 Å². The zero-order valence-electron chi connectivity index (χ0n) is 14.5. The Hall–Kier alpha value is -3.14. The van der Waals surface area contributed by atoms with Crippen LogP contribution in [0.4, 0.5) is 17.3 Å². The minimum atomic E-state index is -0.249. The highest BCUT2D eigenvalue weighted by Gasteiger charge is 2.30. The number of anilines is 3. The Morgan fingerprint density at radius 3 is 2.54 bits per heavy atom. The van der Waals surface area contributed by atoms with Crippen LogP contribution in [0, 0.1) is 17.2 Å². The SMILES string of the molecule is C=CC(=O)Nc1ccc2c(N3CCCC3)nnc(N3CC(C#N)C3)c2c1. The van der Waals surface area contributed by atoms with Crippen molar-refractivity contribution in [2.45, 2.75) is 12.8 Å². The Kier molecular flexibility index (Phi) is 4.17. The van der Waals surface area contributed by atoms with E-state index in [1.54, 1.807) is 0 Å². The number of nitrogens with one attached hydrogen (secondary N) is 1. The normalized spacial score (nSPS) is 17.0. The van der Waals surface area contributed by atoms with E-state index in [9.17, 15) is 4.79 Å². The van der Waals surface area contributed by atoms with Crippen LogP contribution in [-0.4, -0.2) is 42.3 Å². The molecule has 4 rings (SSSR count). The molecule has 0 aliphatic carbocycles. The van der Waals surface area contributed by atoms with E-state index in [1.165, 1.54) is 6.08 Å². The standard InChI is InChI=1S/C19H20N6O/c1-2-17(26)21-14-5-6-15-16(9-14)19(25-11-13(10-20)12-25)23-22-18(15)24-7-3-4-8-24/h2,5-6,9,13H,1,3-4,7-8,11-12H2,(H,21,26). The average Bonchev–Trinajstić information content (AvgIpc) is 3.15. The molecule has 2 aliphatic rings. The predicted octanol–water partition coefficient (Wildman–Crippen LogP) is 2.31. The largest absolute Gasteiger partial charge is 0.355 e. The van der Waals surface area contributed by atoms with Gasteiger partial charge in [0.15, 0.2) is 11.6 Å². The van der Waals surface area contributed by atoms with Gasteiger partial charge in [-0.05, 0) is 37.1 Å². The predicted molar refractivity (Wildman–Crippen MR) is 101 cm³/mol. The van der Waals surface area contributed by atoms with E-state index in [-0.39, 0.29) is 11.8 Å². The van der Waals surface area contributed by atoms with Gasteiger partial charge in [0.1, 0.15) is 0 Å². The number of hydrogen-bond acceptors (Lipinski definition) is 6. The molecule has 1 aromatic heterocycles. The first-order chi connectivity index (χ1) is 12.7. The van der Waals surface area contributed by atoms with Crippen molar-refractivity contribution in [1.82, 2.24) is 10.2 Å². The van der Waals surface area contributed by atoms with E-state index in [4.69, 9.17) is 5.26 Å². The molecule has 1 N–H and O–H groups in total. The van der Waals surface area contributed by atoms with Gasteiger partial charge in [0.2, 0.25) is 5.91 Å². The van der Waals surface area contributed by atoms with Gasteiger partial charge in [-0.25, -0.2) is 0 Å². The molecular weight excluding hydrogens is 328 g/mol. The summed E-state index contributed by atoms with van der Waals surface area (Å²) in [6, 6.07) is 8.08. The number of rotatable bonds is 4. The first-order valence-electron chi connectivity index (χ1n) is 8.83. The van der Waals surface area contributed by atoms with Crippen molar-refractivity contribution in [3.05, 3.63) is 30.9 Å². The van der Waals surface area contributed by atoms with Crippen LogP contribution in [0.25, 0.3) is 10.8 Å². The second-order valence-electron chi connectivity index (χ2n) is 6.73. The molecule has 2 fully saturated rings. The van der Waals surface area contributed by atoms with Crippen molar-refractivity contribution in [3.8, 4) is 6.07 Å². The summed E-state index contributed by atoms with van der Waals surface area (Å²) in [5.74, 6) is 1.44. The molecule has 2 saturated heterocycles. The third kappa shape index (κ3) is 2.84. The maximum absolute atomic E-state index is 11.6. The van der Waals surface area contributed by atoms with Gasteiger partial charge in [-0.2, -0.15) is 5.26 Å². The minimum Gasteiger partial charge on any atom is -0.355 e. The Bertz CT molecular complexity index is 906. The van der Waals surface area contributed by atoms with E-state index in [1.807, 2.05) is 18.2 Å². The lowest BCUT2D eigenvalue weighted by Crippen LogP contribution is -2.46. The van der Waals surface area contributed by atoms with E-state index in [0.29, 0.717) is 18.8 Å². The lowest BCUT2D eigenvalue weighted by molar-refractivity contribution is -0.111. The van der Waals surface area contributed by atoms with Gasteiger partial charge in [0, 0.05) is 42.6 Å². The summed E-state index contributed by atoms with van der Waals surface area (Å²) in [5, 5.41) is 22.8. The summed E-state index contributed by atoms with van der Waals surface area (Å²) in [5.41, 5.74) is 0.696. The van der Waals surface area contributed by atoms with Gasteiger partial charge in [-0.3, -0.25) is 4.79 Å². The van der Waals surface area contributed by atoms with Crippen LogP contribution in [0.15, 0.2) is 30.9 Å². The van der Waals surface area contributed by atoms with Crippen molar-refractivity contribution in [2.24, 2.45) is 5.92 Å². The number of amides is 1. The number of aromatic nitrogens is 2. The van der Waals surface area contributed by atoms with Crippen LogP contribution in [0.2, 0.25) is 0 Å². The van der Waals surface area contributed by atoms with Crippen LogP contribution >= 0.6 is 0 Å². The smallest absolute Gasteiger partial charge is 0.247 e. The first-order valence-corrected chi connectivity index (χ1v) is 8.83. The summed E-state index contributed by atoms with van der Waals surface area (Å²) >= 11 is 0. The second kappa shape index (κ2) is 6.64. The Balaban J connectivity index is 1.78. The van der Waals surface area contributed by atoms with Gasteiger partial charge < -0.3 is 15.1 Å². The Labute approximate surface area is 151 Å². The molecule has 1 aromatic carbocycles. The maximum Gasteiger partial charge on any atom is 0.247 e. The second-order valence-corrected chi connectivity index (χ2v) is 6.73. The van der Waals surface area contributed by atoms with E-state index in [2.05, 4.69) is 38.0 Å². The minimum absolute atomic E-state index is 0.0359. The number of carbonyl (C=O) groups excluding carboxylic acids is 1. The maximum atomic E-state index is 11.6. The summed E-state index contributed by atoms with van der Waals surface area (Å²) in [6.45, 7) is 6.78. The van der Waals surface area contributed by atoms with Gasteiger partial charge in [0.25, 0.3) is 0 Å². The molecule has 2 aliphatic heterocycles. The van der Waals surface area contributed by atoms with Crippen molar-refractivity contribution >= 4 is 34.0 Å². The van der Waals surface area contributed by atoms with Crippen molar-refractivity contribution < 1.29 is 4.79 Å². The van der Waals surface area contributed by atoms with Gasteiger partial charge in [0.05, 0.1) is 12.0 Å². The molecule has 0 radical (unpaired) electrons. The summed E-state index contributed by atoms with van der Waals surface area (Å²) < 4.78 is 0. The number of nitriles is 1. The third-order valence-corrected chi connectivity index (χ3v) is 4.96. The van der Waals surface area contributed by atoms with Gasteiger partial charge in [-0.1, -0.05) is 6.58 Å². The van der Waals surface area contributed by atoms with Crippen LogP contribution in [0.3, 0.4) is 0 Å². The zero-order valence-corrected chi connectivity index (χ0v) is 14.5. The molecule has 132 valence electrons. The summed E-state index contributed by atoms with van der Waals surface area (Å²) in [6.07, 6.45) is 3.57. The Morgan fingerprint density at radius 1 is 1.19 bits per heavy atom. The highest BCUT2D eigenvalue weighted by atomic mass is 16.1. The summed E-state index contributed by atoms with van der Waals surface area (Å²) in [7, 11) is 0. The molecular formula is C19H20N6O. The first kappa shape index (κ1) is 16.3. The number of nitrogens with zero attached hydrogens (tertiary/aromatic N) is 5. The fraction of sp³-hybridized carbons (Fsp3) is 0.368. The van der Waals surface area contributed by atoms with Gasteiger partial charge in [-0.15, -0.1) is 10.2 Å². The van der Waals surface area contributed by atoms with E-state index in [0.717, 1.165) is 48.3 Å². The summed E-state index contributed by atoms with van der Waals surface area (Å²) in [4.78, 5) is 16.0. The highest BCUT2D eigenvalue weighted by molar-refractivity contribution is 6.04. The van der Waals surface area contributed by atoms with Crippen LogP contribution in [-0.2, 0) is 4.79 Å². The van der Waals surface area contributed by atoms with Crippen LogP contribution < -0.4 is 15.1 Å². The van der Waals surface area contributed by atoms with Crippen molar-refractivity contribution in [1.29, 1.82) is 5.26 Å². The average molecular weight is 348 g/mol. The number of carbonyl (C=O) groups is 1. The topological polar surface area (TPSA) is 85.2 Å². The fourth-order valence-corrected chi connectivity index (χ4v) is 3.53. The van der Waals surface area contributed by atoms with Crippen molar-refractivity contribution in [2.75, 3.05) is 41.3 Å². The van der Waals surface area contributed by atoms with Crippen LogP contribution in [0.5, 0.6) is 0 Å². The zero-order chi connectivity index (χ0) is 18.1. The molecule has 2 aromatic rings. The number of benzene rings is 1. The van der Waals surface area contributed by atoms with Gasteiger partial charge >= 0.3 is 0 Å². The molecule has 1 amide bonds. The lowest BCUT2D eigenvalue weighted by Gasteiger charge is -2.36. The highest BCUT2D eigenvalue weighted by Crippen LogP contribution is 2.36. The number of fused-ring (bicyclic) bond motifs is 1. The molecule has 0 unspecified atom stereocenters. The molecule has 0 saturated carbocycles. The number of hydrogen-bond donors (Lipinski definition) is 1. The monoisotopic (exact) mass is 348 g/mol. The molecule has 7 heteroatoms. The van der Waals surface area contributed by atoms with Crippen LogP contribution in [0.1, 0.15) is 12.8 Å². The molecule has 0 spiro atoms.